The molecule has 0 bridgehead atoms. The van der Waals surface area contributed by atoms with Gasteiger partial charge in [-0.3, -0.25) is 0 Å². The van der Waals surface area contributed by atoms with Gasteiger partial charge in [0, 0.05) is 28.2 Å². The van der Waals surface area contributed by atoms with Crippen molar-refractivity contribution in [3.63, 3.8) is 0 Å². The molecule has 1 heterocycles. The Morgan fingerprint density at radius 1 is 1.00 bits per heavy atom. The summed E-state index contributed by atoms with van der Waals surface area (Å²) in [6.07, 6.45) is 1.65. The summed E-state index contributed by atoms with van der Waals surface area (Å²) in [7, 11) is 0. The second-order valence-electron chi connectivity index (χ2n) is 4.28. The van der Waals surface area contributed by atoms with Gasteiger partial charge in [0.15, 0.2) is 0 Å². The number of aromatic nitrogens is 1. The van der Waals surface area contributed by atoms with Crippen molar-refractivity contribution in [3.05, 3.63) is 70.3 Å². The average molecular weight is 377 g/mol. The van der Waals surface area contributed by atoms with Crippen LogP contribution in [0.2, 0.25) is 0 Å². The number of nitrogens with zero attached hydrogens (tertiary/aromatic N) is 1. The lowest BCUT2D eigenvalue weighted by molar-refractivity contribution is 0.306. The van der Waals surface area contributed by atoms with Gasteiger partial charge >= 0.3 is 0 Å². The molecule has 0 radical (unpaired) electrons. The van der Waals surface area contributed by atoms with Gasteiger partial charge in [-0.15, -0.1) is 0 Å². The van der Waals surface area contributed by atoms with Crippen LogP contribution in [0.5, 0.6) is 5.75 Å². The van der Waals surface area contributed by atoms with Gasteiger partial charge in [0.2, 0.25) is 0 Å². The first-order valence-electron chi connectivity index (χ1n) is 6.19. The summed E-state index contributed by atoms with van der Waals surface area (Å²) in [6, 6.07) is 18.0. The maximum atomic E-state index is 5.74. The molecule has 0 fully saturated rings. The zero-order valence-electron chi connectivity index (χ0n) is 10.6. The highest BCUT2D eigenvalue weighted by Gasteiger charge is 2.04. The summed E-state index contributed by atoms with van der Waals surface area (Å²) < 4.78 is 11.6. The number of halogens is 1. The van der Waals surface area contributed by atoms with Crippen LogP contribution in [-0.2, 0) is 6.61 Å². The zero-order chi connectivity index (χ0) is 13.8. The molecule has 0 aliphatic rings. The van der Waals surface area contributed by atoms with Crippen LogP contribution in [0.15, 0.2) is 65.3 Å². The van der Waals surface area contributed by atoms with E-state index in [1.165, 1.54) is 0 Å². The standard InChI is InChI=1S/C16H12INO2/c17-16-18-15(11-20-16)13-6-8-14(9-7-13)19-10-12-4-2-1-3-5-12/h1-9,11H,10H2. The Morgan fingerprint density at radius 2 is 1.75 bits per heavy atom. The lowest BCUT2D eigenvalue weighted by atomic mass is 10.2. The lowest BCUT2D eigenvalue weighted by Crippen LogP contribution is -1.94. The summed E-state index contributed by atoms with van der Waals surface area (Å²) in [5.41, 5.74) is 3.01. The van der Waals surface area contributed by atoms with E-state index in [4.69, 9.17) is 9.15 Å². The van der Waals surface area contributed by atoms with Crippen LogP contribution in [0.25, 0.3) is 11.3 Å². The Balaban J connectivity index is 1.67. The van der Waals surface area contributed by atoms with E-state index in [0.717, 1.165) is 22.6 Å². The lowest BCUT2D eigenvalue weighted by Gasteiger charge is -2.06. The molecule has 0 amide bonds. The second-order valence-corrected chi connectivity index (χ2v) is 5.21. The van der Waals surface area contributed by atoms with E-state index in [2.05, 4.69) is 27.6 Å². The maximum absolute atomic E-state index is 5.74. The van der Waals surface area contributed by atoms with Crippen molar-refractivity contribution in [2.75, 3.05) is 0 Å². The molecule has 3 aromatic rings. The minimum atomic E-state index is 0.571. The fourth-order valence-electron chi connectivity index (χ4n) is 1.85. The first kappa shape index (κ1) is 13.2. The monoisotopic (exact) mass is 377 g/mol. The molecule has 0 unspecified atom stereocenters. The van der Waals surface area contributed by atoms with E-state index in [0.29, 0.717) is 10.5 Å². The van der Waals surface area contributed by atoms with Crippen LogP contribution in [-0.4, -0.2) is 4.98 Å². The molecular formula is C16H12INO2. The van der Waals surface area contributed by atoms with Crippen molar-refractivity contribution in [1.82, 2.24) is 4.98 Å². The molecule has 100 valence electrons. The predicted octanol–water partition coefficient (Wildman–Crippen LogP) is 4.53. The minimum Gasteiger partial charge on any atom is -0.489 e. The molecule has 2 aromatic carbocycles. The maximum Gasteiger partial charge on any atom is 0.257 e. The van der Waals surface area contributed by atoms with Gasteiger partial charge in [-0.2, -0.15) is 0 Å². The fraction of sp³-hybridized carbons (Fsp3) is 0.0625. The molecule has 3 nitrogen and oxygen atoms in total. The summed E-state index contributed by atoms with van der Waals surface area (Å²) in [4.78, 5) is 4.28. The van der Waals surface area contributed by atoms with E-state index in [9.17, 15) is 0 Å². The van der Waals surface area contributed by atoms with Gasteiger partial charge in [0.05, 0.1) is 0 Å². The number of oxazole rings is 1. The highest BCUT2D eigenvalue weighted by atomic mass is 127. The topological polar surface area (TPSA) is 35.3 Å². The molecule has 0 N–H and O–H groups in total. The normalized spacial score (nSPS) is 10.4. The van der Waals surface area contributed by atoms with Gasteiger partial charge in [0.25, 0.3) is 3.90 Å². The highest BCUT2D eigenvalue weighted by molar-refractivity contribution is 14.1. The molecule has 4 heteroatoms. The number of rotatable bonds is 4. The smallest absolute Gasteiger partial charge is 0.257 e. The van der Waals surface area contributed by atoms with Crippen molar-refractivity contribution in [2.24, 2.45) is 0 Å². The van der Waals surface area contributed by atoms with Gasteiger partial charge in [-0.25, -0.2) is 4.98 Å². The quantitative estimate of drug-likeness (QED) is 0.627. The van der Waals surface area contributed by atoms with Crippen molar-refractivity contribution < 1.29 is 9.15 Å². The molecule has 3 rings (SSSR count). The number of benzene rings is 2. The van der Waals surface area contributed by atoms with Crippen LogP contribution in [0.4, 0.5) is 0 Å². The van der Waals surface area contributed by atoms with Crippen molar-refractivity contribution >= 4 is 22.6 Å². The molecule has 0 spiro atoms. The van der Waals surface area contributed by atoms with Gasteiger partial charge in [0.1, 0.15) is 24.3 Å². The van der Waals surface area contributed by atoms with E-state index < -0.39 is 0 Å². The van der Waals surface area contributed by atoms with Gasteiger partial charge < -0.3 is 9.15 Å². The first-order valence-corrected chi connectivity index (χ1v) is 7.27. The van der Waals surface area contributed by atoms with Crippen molar-refractivity contribution in [1.29, 1.82) is 0 Å². The third kappa shape index (κ3) is 3.19. The largest absolute Gasteiger partial charge is 0.489 e. The first-order chi connectivity index (χ1) is 9.81. The second kappa shape index (κ2) is 6.09. The van der Waals surface area contributed by atoms with Crippen LogP contribution >= 0.6 is 22.6 Å². The third-order valence-corrected chi connectivity index (χ3v) is 3.37. The van der Waals surface area contributed by atoms with Crippen LogP contribution in [0.1, 0.15) is 5.56 Å². The Bertz CT molecular complexity index is 677. The molecule has 0 aliphatic heterocycles. The predicted molar refractivity (Wildman–Crippen MR) is 85.4 cm³/mol. The zero-order valence-corrected chi connectivity index (χ0v) is 12.8. The van der Waals surface area contributed by atoms with E-state index in [-0.39, 0.29) is 0 Å². The van der Waals surface area contributed by atoms with Crippen LogP contribution in [0.3, 0.4) is 0 Å². The third-order valence-electron chi connectivity index (χ3n) is 2.87. The Hall–Kier alpha value is -1.82. The van der Waals surface area contributed by atoms with Crippen molar-refractivity contribution in [3.8, 4) is 17.0 Å². The number of hydrogen-bond donors (Lipinski definition) is 0. The van der Waals surface area contributed by atoms with Crippen LogP contribution in [0, 0.1) is 3.90 Å². The van der Waals surface area contributed by atoms with Gasteiger partial charge in [-0.05, 0) is 29.8 Å². The molecule has 0 atom stereocenters. The Kier molecular flexibility index (Phi) is 4.01. The number of ether oxygens (including phenoxy) is 1. The molecule has 0 aliphatic carbocycles. The Morgan fingerprint density at radius 3 is 2.40 bits per heavy atom. The molecule has 1 aromatic heterocycles. The fourth-order valence-corrected chi connectivity index (χ4v) is 2.23. The molecular weight excluding hydrogens is 365 g/mol. The minimum absolute atomic E-state index is 0.571. The SMILES string of the molecule is Ic1nc(-c2ccc(OCc3ccccc3)cc2)co1. The summed E-state index contributed by atoms with van der Waals surface area (Å²) >= 11 is 2.05. The van der Waals surface area contributed by atoms with E-state index in [1.54, 1.807) is 6.26 Å². The average Bonchev–Trinajstić information content (AvgIpc) is 2.93. The number of hydrogen-bond acceptors (Lipinski definition) is 3. The highest BCUT2D eigenvalue weighted by Crippen LogP contribution is 2.22. The Labute approximate surface area is 130 Å². The van der Waals surface area contributed by atoms with E-state index in [1.807, 2.05) is 54.6 Å². The molecule has 0 saturated carbocycles. The summed E-state index contributed by atoms with van der Waals surface area (Å²) in [5.74, 6) is 0.843. The molecule has 20 heavy (non-hydrogen) atoms. The van der Waals surface area contributed by atoms with Crippen molar-refractivity contribution in [2.45, 2.75) is 6.61 Å². The summed E-state index contributed by atoms with van der Waals surface area (Å²) in [6.45, 7) is 0.571. The van der Waals surface area contributed by atoms with Gasteiger partial charge in [-0.1, -0.05) is 30.3 Å². The van der Waals surface area contributed by atoms with E-state index >= 15 is 0 Å². The molecule has 0 saturated heterocycles. The summed E-state index contributed by atoms with van der Waals surface area (Å²) in [5, 5.41) is 0. The van der Waals surface area contributed by atoms with Crippen LogP contribution < -0.4 is 4.74 Å².